The molecule has 0 unspecified atom stereocenters. The Bertz CT molecular complexity index is 914. The number of rotatable bonds is 3. The van der Waals surface area contributed by atoms with Crippen LogP contribution in [0.2, 0.25) is 0 Å². The van der Waals surface area contributed by atoms with Crippen molar-refractivity contribution >= 4 is 17.7 Å². The monoisotopic (exact) mass is 408 g/mol. The van der Waals surface area contributed by atoms with Crippen LogP contribution in [0, 0.1) is 20.8 Å². The van der Waals surface area contributed by atoms with Crippen LogP contribution in [0.25, 0.3) is 0 Å². The van der Waals surface area contributed by atoms with Gasteiger partial charge in [-0.15, -0.1) is 0 Å². The van der Waals surface area contributed by atoms with Crippen molar-refractivity contribution in [3.63, 3.8) is 0 Å². The molecule has 2 saturated heterocycles. The highest BCUT2D eigenvalue weighted by Gasteiger charge is 2.25. The molecule has 7 heteroatoms. The quantitative estimate of drug-likeness (QED) is 0.776. The standard InChI is InChI=1S/C23H32N6O/c1-17-5-6-20(15-18(17)2)22(30)28-11-13-29(14-12-28)23-24-19(3)16-21(25-23)27-9-7-26(4)8-10-27/h5-6,15-16H,7-14H2,1-4H3. The molecule has 0 bridgehead atoms. The first kappa shape index (κ1) is 20.6. The molecule has 2 aliphatic rings. The molecule has 0 spiro atoms. The Kier molecular flexibility index (Phi) is 5.90. The number of aromatic nitrogens is 2. The molecule has 7 nitrogen and oxygen atoms in total. The lowest BCUT2D eigenvalue weighted by atomic mass is 10.1. The van der Waals surface area contributed by atoms with Crippen molar-refractivity contribution in [2.75, 3.05) is 69.2 Å². The second-order valence-corrected chi connectivity index (χ2v) is 8.54. The predicted molar refractivity (Wildman–Crippen MR) is 121 cm³/mol. The highest BCUT2D eigenvalue weighted by molar-refractivity contribution is 5.94. The summed E-state index contributed by atoms with van der Waals surface area (Å²) < 4.78 is 0. The predicted octanol–water partition coefficient (Wildman–Crippen LogP) is 2.12. The maximum absolute atomic E-state index is 12.9. The van der Waals surface area contributed by atoms with Gasteiger partial charge in [0.05, 0.1) is 0 Å². The number of hydrogen-bond acceptors (Lipinski definition) is 6. The van der Waals surface area contributed by atoms with Crippen LogP contribution in [0.3, 0.4) is 0 Å². The van der Waals surface area contributed by atoms with E-state index >= 15 is 0 Å². The number of nitrogens with zero attached hydrogens (tertiary/aromatic N) is 6. The smallest absolute Gasteiger partial charge is 0.253 e. The molecule has 0 atom stereocenters. The number of likely N-dealkylation sites (N-methyl/N-ethyl adjacent to an activating group) is 1. The van der Waals surface area contributed by atoms with E-state index in [1.165, 1.54) is 5.56 Å². The van der Waals surface area contributed by atoms with Gasteiger partial charge >= 0.3 is 0 Å². The van der Waals surface area contributed by atoms with Crippen LogP contribution in [0.5, 0.6) is 0 Å². The third-order valence-electron chi connectivity index (χ3n) is 6.26. The average Bonchev–Trinajstić information content (AvgIpc) is 2.75. The van der Waals surface area contributed by atoms with Gasteiger partial charge in [0, 0.05) is 69.7 Å². The Hall–Kier alpha value is -2.67. The van der Waals surface area contributed by atoms with E-state index in [4.69, 9.17) is 9.97 Å². The van der Waals surface area contributed by atoms with Crippen LogP contribution in [0.4, 0.5) is 11.8 Å². The fourth-order valence-electron chi connectivity index (χ4n) is 4.04. The molecule has 1 amide bonds. The topological polar surface area (TPSA) is 55.8 Å². The van der Waals surface area contributed by atoms with Gasteiger partial charge < -0.3 is 19.6 Å². The summed E-state index contributed by atoms with van der Waals surface area (Å²) in [7, 11) is 2.16. The first-order chi connectivity index (χ1) is 14.4. The van der Waals surface area contributed by atoms with Crippen LogP contribution < -0.4 is 9.80 Å². The number of carbonyl (C=O) groups is 1. The SMILES string of the molecule is Cc1cc(N2CCN(C)CC2)nc(N2CCN(C(=O)c3ccc(C)c(C)c3)CC2)n1. The van der Waals surface area contributed by atoms with Gasteiger partial charge in [0.2, 0.25) is 5.95 Å². The van der Waals surface area contributed by atoms with Crippen molar-refractivity contribution in [2.45, 2.75) is 20.8 Å². The van der Waals surface area contributed by atoms with E-state index in [1.807, 2.05) is 30.0 Å². The van der Waals surface area contributed by atoms with Crippen molar-refractivity contribution < 1.29 is 4.79 Å². The summed E-state index contributed by atoms with van der Waals surface area (Å²) in [5, 5.41) is 0. The average molecular weight is 409 g/mol. The first-order valence-corrected chi connectivity index (χ1v) is 10.8. The lowest BCUT2D eigenvalue weighted by Crippen LogP contribution is -2.49. The summed E-state index contributed by atoms with van der Waals surface area (Å²) in [5.41, 5.74) is 4.13. The Morgan fingerprint density at radius 1 is 0.800 bits per heavy atom. The number of amides is 1. The molecule has 2 fully saturated rings. The van der Waals surface area contributed by atoms with Crippen molar-refractivity contribution in [2.24, 2.45) is 0 Å². The highest BCUT2D eigenvalue weighted by atomic mass is 16.2. The van der Waals surface area contributed by atoms with Crippen LogP contribution >= 0.6 is 0 Å². The van der Waals surface area contributed by atoms with E-state index in [0.717, 1.165) is 67.9 Å². The maximum atomic E-state index is 12.9. The van der Waals surface area contributed by atoms with Gasteiger partial charge in [0.15, 0.2) is 0 Å². The third kappa shape index (κ3) is 4.41. The lowest BCUT2D eigenvalue weighted by molar-refractivity contribution is 0.0746. The van der Waals surface area contributed by atoms with Gasteiger partial charge in [-0.2, -0.15) is 4.98 Å². The Morgan fingerprint density at radius 2 is 1.47 bits per heavy atom. The molecule has 0 N–H and O–H groups in total. The molecule has 1 aromatic carbocycles. The van der Waals surface area contributed by atoms with Crippen LogP contribution in [0.15, 0.2) is 24.3 Å². The van der Waals surface area contributed by atoms with Gasteiger partial charge in [0.25, 0.3) is 5.91 Å². The molecule has 1 aromatic heterocycles. The van der Waals surface area contributed by atoms with Crippen molar-refractivity contribution in [1.82, 2.24) is 19.8 Å². The van der Waals surface area contributed by atoms with E-state index in [9.17, 15) is 4.79 Å². The molecule has 0 aliphatic carbocycles. The summed E-state index contributed by atoms with van der Waals surface area (Å²) in [6, 6.07) is 8.03. The Balaban J connectivity index is 1.42. The second kappa shape index (κ2) is 8.60. The zero-order valence-electron chi connectivity index (χ0n) is 18.6. The van der Waals surface area contributed by atoms with E-state index in [-0.39, 0.29) is 5.91 Å². The molecule has 0 saturated carbocycles. The van der Waals surface area contributed by atoms with Gasteiger partial charge in [-0.25, -0.2) is 4.98 Å². The second-order valence-electron chi connectivity index (χ2n) is 8.54. The number of benzene rings is 1. The number of piperazine rings is 2. The van der Waals surface area contributed by atoms with Crippen molar-refractivity contribution in [1.29, 1.82) is 0 Å². The maximum Gasteiger partial charge on any atom is 0.253 e. The highest BCUT2D eigenvalue weighted by Crippen LogP contribution is 2.21. The van der Waals surface area contributed by atoms with Gasteiger partial charge in [0.1, 0.15) is 5.82 Å². The molecule has 2 aromatic rings. The minimum atomic E-state index is 0.112. The zero-order chi connectivity index (χ0) is 21.3. The van der Waals surface area contributed by atoms with E-state index in [0.29, 0.717) is 13.1 Å². The molecule has 160 valence electrons. The van der Waals surface area contributed by atoms with Crippen LogP contribution in [-0.2, 0) is 0 Å². The van der Waals surface area contributed by atoms with Crippen LogP contribution in [0.1, 0.15) is 27.2 Å². The summed E-state index contributed by atoms with van der Waals surface area (Å²) in [4.78, 5) is 31.3. The van der Waals surface area contributed by atoms with E-state index in [1.54, 1.807) is 0 Å². The molecular weight excluding hydrogens is 376 g/mol. The van der Waals surface area contributed by atoms with Gasteiger partial charge in [-0.05, 0) is 51.1 Å². The number of carbonyl (C=O) groups excluding carboxylic acids is 1. The van der Waals surface area contributed by atoms with E-state index < -0.39 is 0 Å². The van der Waals surface area contributed by atoms with Crippen molar-refractivity contribution in [3.8, 4) is 0 Å². The fraction of sp³-hybridized carbons (Fsp3) is 0.522. The summed E-state index contributed by atoms with van der Waals surface area (Å²) in [6.45, 7) is 13.1. The molecule has 0 radical (unpaired) electrons. The summed E-state index contributed by atoms with van der Waals surface area (Å²) in [5.74, 6) is 1.91. The Labute approximate surface area is 179 Å². The van der Waals surface area contributed by atoms with E-state index in [2.05, 4.69) is 41.7 Å². The summed E-state index contributed by atoms with van der Waals surface area (Å²) in [6.07, 6.45) is 0. The van der Waals surface area contributed by atoms with Gasteiger partial charge in [-0.1, -0.05) is 6.07 Å². The van der Waals surface area contributed by atoms with Crippen molar-refractivity contribution in [3.05, 3.63) is 46.6 Å². The summed E-state index contributed by atoms with van der Waals surface area (Å²) >= 11 is 0. The van der Waals surface area contributed by atoms with Gasteiger partial charge in [-0.3, -0.25) is 4.79 Å². The Morgan fingerprint density at radius 3 is 2.13 bits per heavy atom. The number of hydrogen-bond donors (Lipinski definition) is 0. The lowest BCUT2D eigenvalue weighted by Gasteiger charge is -2.36. The molecule has 2 aliphatic heterocycles. The molecule has 3 heterocycles. The minimum absolute atomic E-state index is 0.112. The molecular formula is C23H32N6O. The zero-order valence-corrected chi connectivity index (χ0v) is 18.6. The first-order valence-electron chi connectivity index (χ1n) is 10.8. The normalized spacial score (nSPS) is 18.1. The third-order valence-corrected chi connectivity index (χ3v) is 6.26. The van der Waals surface area contributed by atoms with Crippen LogP contribution in [-0.4, -0.2) is 85.1 Å². The minimum Gasteiger partial charge on any atom is -0.354 e. The molecule has 4 rings (SSSR count). The fourth-order valence-corrected chi connectivity index (χ4v) is 4.04. The number of aryl methyl sites for hydroxylation is 3. The molecule has 30 heavy (non-hydrogen) atoms. The largest absolute Gasteiger partial charge is 0.354 e. The number of anilines is 2.